The van der Waals surface area contributed by atoms with Gasteiger partial charge in [0.05, 0.1) is 19.9 Å². The fourth-order valence-electron chi connectivity index (χ4n) is 4.01. The van der Waals surface area contributed by atoms with Crippen molar-refractivity contribution in [1.29, 1.82) is 5.41 Å². The van der Waals surface area contributed by atoms with Gasteiger partial charge in [-0.05, 0) is 35.9 Å². The van der Waals surface area contributed by atoms with Gasteiger partial charge in [0.1, 0.15) is 5.76 Å². The predicted octanol–water partition coefficient (Wildman–Crippen LogP) is 6.12. The fraction of sp³-hybridized carbons (Fsp3) is 0.185. The van der Waals surface area contributed by atoms with Crippen LogP contribution in [0.5, 0.6) is 0 Å². The Labute approximate surface area is 194 Å². The number of aromatic nitrogens is 1. The quantitative estimate of drug-likeness (QED) is 0.451. The van der Waals surface area contributed by atoms with E-state index in [4.69, 9.17) is 14.9 Å². The second kappa shape index (κ2) is 10.5. The van der Waals surface area contributed by atoms with Crippen molar-refractivity contribution < 1.29 is 14.3 Å². The summed E-state index contributed by atoms with van der Waals surface area (Å²) in [5.74, 6) is 0.800. The first-order valence-electron chi connectivity index (χ1n) is 10.3. The lowest BCUT2D eigenvalue weighted by Crippen LogP contribution is -2.11. The summed E-state index contributed by atoms with van der Waals surface area (Å²) in [6.07, 6.45) is 7.56. The molecule has 1 aliphatic rings. The third-order valence-corrected chi connectivity index (χ3v) is 5.49. The van der Waals surface area contributed by atoms with E-state index in [9.17, 15) is 4.79 Å². The number of hydrogen-bond acceptors (Lipinski definition) is 4. The van der Waals surface area contributed by atoms with Gasteiger partial charge in [0.25, 0.3) is 0 Å². The van der Waals surface area contributed by atoms with Crippen LogP contribution in [0.1, 0.15) is 29.8 Å². The van der Waals surface area contributed by atoms with Gasteiger partial charge < -0.3 is 19.5 Å². The second-order valence-corrected chi connectivity index (χ2v) is 7.38. The molecular formula is C27H29N3O3. The molecule has 1 aromatic heterocycles. The van der Waals surface area contributed by atoms with E-state index in [-0.39, 0.29) is 7.43 Å². The molecule has 6 nitrogen and oxygen atoms in total. The van der Waals surface area contributed by atoms with E-state index in [0.717, 1.165) is 39.4 Å². The monoisotopic (exact) mass is 443 g/mol. The van der Waals surface area contributed by atoms with Gasteiger partial charge in [-0.25, -0.2) is 4.79 Å². The lowest BCUT2D eigenvalue weighted by atomic mass is 10.0. The number of anilines is 1. The number of carbonyl (C=O) groups excluding carboxylic acids is 1. The predicted molar refractivity (Wildman–Crippen MR) is 134 cm³/mol. The van der Waals surface area contributed by atoms with Crippen LogP contribution >= 0.6 is 0 Å². The van der Waals surface area contributed by atoms with Gasteiger partial charge in [-0.3, -0.25) is 5.32 Å². The van der Waals surface area contributed by atoms with Gasteiger partial charge in [-0.1, -0.05) is 49.9 Å². The molecule has 2 aromatic carbocycles. The molecule has 0 saturated carbocycles. The standard InChI is InChI=1S/C26H25N3O3.CH4/c1-31-21-11-13-22-23(16-27)25(19-9-6-10-20(15-19)28-26(30)32-2)29(24(22)14-12-21)17-18-7-4-3-5-8-18;/h3-13,15-16,27H,14,17H2,1-2H3,(H,28,30);1H4. The normalized spacial score (nSPS) is 12.0. The first-order valence-corrected chi connectivity index (χ1v) is 10.3. The van der Waals surface area contributed by atoms with Crippen molar-refractivity contribution in [1.82, 2.24) is 4.57 Å². The average molecular weight is 444 g/mol. The average Bonchev–Trinajstić information content (AvgIpc) is 2.96. The molecule has 0 fully saturated rings. The minimum absolute atomic E-state index is 0. The highest BCUT2D eigenvalue weighted by molar-refractivity contribution is 5.95. The number of hydrogen-bond donors (Lipinski definition) is 2. The number of nitrogens with one attached hydrogen (secondary N) is 2. The number of benzene rings is 2. The zero-order valence-corrected chi connectivity index (χ0v) is 18.1. The van der Waals surface area contributed by atoms with E-state index < -0.39 is 6.09 Å². The maximum atomic E-state index is 11.7. The SMILES string of the molecule is C.COC(=O)Nc1cccc(-c2c(C=N)c3c(n2Cc2ccccc2)CC=C(OC)C=C3)c1. The van der Waals surface area contributed by atoms with Crippen LogP contribution in [0.4, 0.5) is 10.5 Å². The summed E-state index contributed by atoms with van der Waals surface area (Å²) in [4.78, 5) is 11.7. The number of rotatable bonds is 6. The molecule has 1 heterocycles. The minimum Gasteiger partial charge on any atom is -0.497 e. The molecule has 0 spiro atoms. The highest BCUT2D eigenvalue weighted by Gasteiger charge is 2.22. The first kappa shape index (κ1) is 23.6. The maximum absolute atomic E-state index is 11.7. The van der Waals surface area contributed by atoms with Gasteiger partial charge >= 0.3 is 6.09 Å². The molecule has 33 heavy (non-hydrogen) atoms. The van der Waals surface area contributed by atoms with Crippen molar-refractivity contribution in [3.63, 3.8) is 0 Å². The van der Waals surface area contributed by atoms with Gasteiger partial charge in [0.2, 0.25) is 0 Å². The van der Waals surface area contributed by atoms with E-state index in [2.05, 4.69) is 28.1 Å². The van der Waals surface area contributed by atoms with Crippen LogP contribution in [-0.2, 0) is 22.4 Å². The highest BCUT2D eigenvalue weighted by atomic mass is 16.5. The maximum Gasteiger partial charge on any atom is 0.411 e. The molecule has 4 rings (SSSR count). The van der Waals surface area contributed by atoms with Gasteiger partial charge in [0, 0.05) is 47.3 Å². The Morgan fingerprint density at radius 2 is 1.91 bits per heavy atom. The smallest absolute Gasteiger partial charge is 0.411 e. The Hall–Kier alpha value is -4.06. The third kappa shape index (κ3) is 4.90. The van der Waals surface area contributed by atoms with Crippen LogP contribution < -0.4 is 5.32 Å². The molecule has 0 atom stereocenters. The van der Waals surface area contributed by atoms with E-state index in [0.29, 0.717) is 18.7 Å². The van der Waals surface area contributed by atoms with Crippen molar-refractivity contribution in [2.75, 3.05) is 19.5 Å². The number of carbonyl (C=O) groups is 1. The summed E-state index contributed by atoms with van der Waals surface area (Å²) in [7, 11) is 3.00. The lowest BCUT2D eigenvalue weighted by Gasteiger charge is -2.15. The molecule has 170 valence electrons. The van der Waals surface area contributed by atoms with Crippen LogP contribution in [0.2, 0.25) is 0 Å². The van der Waals surface area contributed by atoms with Gasteiger partial charge in [-0.2, -0.15) is 0 Å². The zero-order chi connectivity index (χ0) is 22.5. The molecule has 0 unspecified atom stereocenters. The number of allylic oxidation sites excluding steroid dienone is 2. The minimum atomic E-state index is -0.523. The Bertz CT molecular complexity index is 1210. The molecule has 3 aromatic rings. The fourth-order valence-corrected chi connectivity index (χ4v) is 4.01. The van der Waals surface area contributed by atoms with Crippen molar-refractivity contribution >= 4 is 24.1 Å². The third-order valence-electron chi connectivity index (χ3n) is 5.49. The van der Waals surface area contributed by atoms with Crippen molar-refractivity contribution in [3.8, 4) is 11.3 Å². The molecule has 0 saturated heterocycles. The summed E-state index contributed by atoms with van der Waals surface area (Å²) >= 11 is 0. The van der Waals surface area contributed by atoms with E-state index in [1.807, 2.05) is 54.6 Å². The molecule has 0 bridgehead atoms. The molecule has 0 aliphatic heterocycles. The van der Waals surface area contributed by atoms with Crippen molar-refractivity contribution in [2.45, 2.75) is 20.4 Å². The van der Waals surface area contributed by atoms with Crippen LogP contribution in [0, 0.1) is 5.41 Å². The van der Waals surface area contributed by atoms with E-state index >= 15 is 0 Å². The number of amides is 1. The Kier molecular flexibility index (Phi) is 7.51. The summed E-state index contributed by atoms with van der Waals surface area (Å²) < 4.78 is 12.4. The summed E-state index contributed by atoms with van der Waals surface area (Å²) in [5.41, 5.74) is 6.57. The van der Waals surface area contributed by atoms with Crippen molar-refractivity contribution in [2.24, 2.45) is 0 Å². The second-order valence-electron chi connectivity index (χ2n) is 7.38. The molecule has 1 aliphatic carbocycles. The summed E-state index contributed by atoms with van der Waals surface area (Å²) in [6, 6.07) is 17.8. The molecule has 0 radical (unpaired) electrons. The lowest BCUT2D eigenvalue weighted by molar-refractivity contribution is 0.187. The van der Waals surface area contributed by atoms with Gasteiger partial charge in [0.15, 0.2) is 0 Å². The van der Waals surface area contributed by atoms with Crippen LogP contribution in [0.3, 0.4) is 0 Å². The summed E-state index contributed by atoms with van der Waals surface area (Å²) in [6.45, 7) is 0.658. The zero-order valence-electron chi connectivity index (χ0n) is 18.1. The van der Waals surface area contributed by atoms with Crippen LogP contribution in [0.25, 0.3) is 17.3 Å². The molecule has 1 amide bonds. The molecule has 6 heteroatoms. The number of nitrogens with zero attached hydrogens (tertiary/aromatic N) is 1. The Morgan fingerprint density at radius 3 is 2.61 bits per heavy atom. The topological polar surface area (TPSA) is 76.3 Å². The van der Waals surface area contributed by atoms with E-state index in [1.165, 1.54) is 13.3 Å². The number of ether oxygens (including phenoxy) is 2. The Balaban J connectivity index is 0.00000306. The largest absolute Gasteiger partial charge is 0.497 e. The van der Waals surface area contributed by atoms with E-state index in [1.54, 1.807) is 7.11 Å². The number of methoxy groups -OCH3 is 2. The van der Waals surface area contributed by atoms with Crippen LogP contribution in [0.15, 0.2) is 72.5 Å². The van der Waals surface area contributed by atoms with Crippen molar-refractivity contribution in [3.05, 3.63) is 94.9 Å². The highest BCUT2D eigenvalue weighted by Crippen LogP contribution is 2.35. The van der Waals surface area contributed by atoms with Gasteiger partial charge in [-0.15, -0.1) is 0 Å². The molecular weight excluding hydrogens is 414 g/mol. The van der Waals surface area contributed by atoms with Crippen LogP contribution in [-0.4, -0.2) is 31.1 Å². The Morgan fingerprint density at radius 1 is 1.12 bits per heavy atom. The molecule has 2 N–H and O–H groups in total. The number of fused-ring (bicyclic) bond motifs is 1. The first-order chi connectivity index (χ1) is 15.6. The summed E-state index contributed by atoms with van der Waals surface area (Å²) in [5, 5.41) is 10.9.